The van der Waals surface area contributed by atoms with Crippen LogP contribution in [0, 0.1) is 11.3 Å². The molecule has 1 N–H and O–H groups in total. The molecule has 1 amide bonds. The predicted octanol–water partition coefficient (Wildman–Crippen LogP) is 4.53. The van der Waals surface area contributed by atoms with Crippen LogP contribution < -0.4 is 5.32 Å². The van der Waals surface area contributed by atoms with Crippen LogP contribution >= 0.6 is 15.9 Å². The second-order valence-corrected chi connectivity index (χ2v) is 7.40. The second-order valence-electron chi connectivity index (χ2n) is 6.48. The fraction of sp³-hybridized carbons (Fsp3) is 0.562. The molecule has 0 aliphatic rings. The van der Waals surface area contributed by atoms with Crippen molar-refractivity contribution in [2.45, 2.75) is 47.1 Å². The molecule has 0 bridgehead atoms. The molecule has 0 aliphatic carbocycles. The molecular weight excluding hydrogens is 302 g/mol. The molecule has 0 saturated carbocycles. The van der Waals surface area contributed by atoms with Crippen LogP contribution in [0.4, 0.5) is 0 Å². The van der Waals surface area contributed by atoms with E-state index in [4.69, 9.17) is 0 Å². The van der Waals surface area contributed by atoms with E-state index in [-0.39, 0.29) is 11.3 Å². The smallest absolute Gasteiger partial charge is 0.220 e. The van der Waals surface area contributed by atoms with Gasteiger partial charge in [0.2, 0.25) is 5.91 Å². The molecule has 0 fully saturated rings. The third-order valence-corrected chi connectivity index (χ3v) is 3.37. The van der Waals surface area contributed by atoms with Gasteiger partial charge in [-0.15, -0.1) is 0 Å². The average molecular weight is 326 g/mol. The Kier molecular flexibility index (Phi) is 6.05. The number of hydrogen-bond acceptors (Lipinski definition) is 1. The van der Waals surface area contributed by atoms with E-state index in [0.717, 1.165) is 16.5 Å². The van der Waals surface area contributed by atoms with E-state index in [1.807, 2.05) is 24.3 Å². The van der Waals surface area contributed by atoms with Crippen LogP contribution in [-0.4, -0.2) is 5.91 Å². The molecule has 3 heteroatoms. The molecular formula is C16H24BrNO. The summed E-state index contributed by atoms with van der Waals surface area (Å²) in [6.45, 7) is 9.37. The number of benzene rings is 1. The third kappa shape index (κ3) is 7.36. The van der Waals surface area contributed by atoms with E-state index in [1.165, 1.54) is 0 Å². The zero-order chi connectivity index (χ0) is 14.5. The molecule has 0 saturated heterocycles. The summed E-state index contributed by atoms with van der Waals surface area (Å²) in [5.41, 5.74) is 1.40. The molecule has 1 atom stereocenters. The van der Waals surface area contributed by atoms with Crippen molar-refractivity contribution in [1.82, 2.24) is 5.32 Å². The largest absolute Gasteiger partial charge is 0.352 e. The van der Waals surface area contributed by atoms with Crippen molar-refractivity contribution in [3.8, 4) is 0 Å². The number of halogens is 1. The van der Waals surface area contributed by atoms with Crippen molar-refractivity contribution in [2.24, 2.45) is 11.3 Å². The zero-order valence-corrected chi connectivity index (χ0v) is 13.9. The molecule has 1 aromatic carbocycles. The van der Waals surface area contributed by atoms with E-state index < -0.39 is 0 Å². The highest BCUT2D eigenvalue weighted by molar-refractivity contribution is 9.10. The highest BCUT2D eigenvalue weighted by Gasteiger charge is 2.17. The van der Waals surface area contributed by atoms with Gasteiger partial charge in [-0.25, -0.2) is 0 Å². The second kappa shape index (κ2) is 7.09. The van der Waals surface area contributed by atoms with Crippen LogP contribution in [0.15, 0.2) is 28.7 Å². The highest BCUT2D eigenvalue weighted by Crippen LogP contribution is 2.25. The summed E-state index contributed by atoms with van der Waals surface area (Å²) in [5, 5.41) is 2.98. The minimum absolute atomic E-state index is 0.136. The van der Waals surface area contributed by atoms with Gasteiger partial charge in [-0.2, -0.15) is 0 Å². The molecule has 2 nitrogen and oxygen atoms in total. The molecule has 1 unspecified atom stereocenters. The summed E-state index contributed by atoms with van der Waals surface area (Å²) in [6, 6.07) is 8.01. The summed E-state index contributed by atoms with van der Waals surface area (Å²) in [6.07, 6.45) is 1.67. The first-order chi connectivity index (χ1) is 8.76. The van der Waals surface area contributed by atoms with Gasteiger partial charge in [0.1, 0.15) is 0 Å². The van der Waals surface area contributed by atoms with Crippen molar-refractivity contribution in [1.29, 1.82) is 0 Å². The molecule has 0 heterocycles. The lowest BCUT2D eigenvalue weighted by Gasteiger charge is -2.22. The Morgan fingerprint density at radius 1 is 1.37 bits per heavy atom. The lowest BCUT2D eigenvalue weighted by Crippen LogP contribution is -2.25. The lowest BCUT2D eigenvalue weighted by molar-refractivity contribution is -0.122. The fourth-order valence-corrected chi connectivity index (χ4v) is 2.80. The van der Waals surface area contributed by atoms with Gasteiger partial charge in [-0.1, -0.05) is 55.8 Å². The SMILES string of the molecule is CC(CC(=O)NCc1cccc(Br)c1)CC(C)(C)C. The number of amides is 1. The summed E-state index contributed by atoms with van der Waals surface area (Å²) in [5.74, 6) is 0.555. The molecule has 0 radical (unpaired) electrons. The monoisotopic (exact) mass is 325 g/mol. The topological polar surface area (TPSA) is 29.1 Å². The van der Waals surface area contributed by atoms with Gasteiger partial charge in [-0.3, -0.25) is 4.79 Å². The first-order valence-electron chi connectivity index (χ1n) is 6.77. The van der Waals surface area contributed by atoms with E-state index in [1.54, 1.807) is 0 Å². The Bertz CT molecular complexity index is 423. The summed E-state index contributed by atoms with van der Waals surface area (Å²) < 4.78 is 1.04. The molecule has 1 aromatic rings. The maximum Gasteiger partial charge on any atom is 0.220 e. The first kappa shape index (κ1) is 16.2. The lowest BCUT2D eigenvalue weighted by atomic mass is 9.84. The molecule has 19 heavy (non-hydrogen) atoms. The van der Waals surface area contributed by atoms with E-state index in [9.17, 15) is 4.79 Å². The molecule has 1 rings (SSSR count). The average Bonchev–Trinajstić information content (AvgIpc) is 2.23. The van der Waals surface area contributed by atoms with Crippen LogP contribution in [0.2, 0.25) is 0 Å². The van der Waals surface area contributed by atoms with Crippen LogP contribution in [0.25, 0.3) is 0 Å². The van der Waals surface area contributed by atoms with Crippen LogP contribution in [0.5, 0.6) is 0 Å². The van der Waals surface area contributed by atoms with Gasteiger partial charge in [0.25, 0.3) is 0 Å². The summed E-state index contributed by atoms with van der Waals surface area (Å²) >= 11 is 3.43. The van der Waals surface area contributed by atoms with Crippen LogP contribution in [0.1, 0.15) is 46.1 Å². The molecule has 0 aliphatic heterocycles. The zero-order valence-electron chi connectivity index (χ0n) is 12.3. The van der Waals surface area contributed by atoms with Crippen LogP contribution in [0.3, 0.4) is 0 Å². The quantitative estimate of drug-likeness (QED) is 0.846. The highest BCUT2D eigenvalue weighted by atomic mass is 79.9. The maximum absolute atomic E-state index is 11.9. The van der Waals surface area contributed by atoms with Crippen molar-refractivity contribution < 1.29 is 4.79 Å². The van der Waals surface area contributed by atoms with Gasteiger partial charge in [0, 0.05) is 17.4 Å². The third-order valence-electron chi connectivity index (χ3n) is 2.87. The van der Waals surface area contributed by atoms with Gasteiger partial charge in [-0.05, 0) is 35.4 Å². The first-order valence-corrected chi connectivity index (χ1v) is 7.57. The van der Waals surface area contributed by atoms with Crippen molar-refractivity contribution in [3.63, 3.8) is 0 Å². The van der Waals surface area contributed by atoms with E-state index >= 15 is 0 Å². The van der Waals surface area contributed by atoms with Gasteiger partial charge in [0.05, 0.1) is 0 Å². The number of carbonyl (C=O) groups is 1. The number of rotatable bonds is 5. The number of hydrogen-bond donors (Lipinski definition) is 1. The Morgan fingerprint density at radius 3 is 2.63 bits per heavy atom. The van der Waals surface area contributed by atoms with Gasteiger partial charge < -0.3 is 5.32 Å². The molecule has 106 valence electrons. The van der Waals surface area contributed by atoms with E-state index in [0.29, 0.717) is 18.9 Å². The number of carbonyl (C=O) groups excluding carboxylic acids is 1. The van der Waals surface area contributed by atoms with Gasteiger partial charge >= 0.3 is 0 Å². The fourth-order valence-electron chi connectivity index (χ4n) is 2.35. The Hall–Kier alpha value is -0.830. The van der Waals surface area contributed by atoms with Crippen molar-refractivity contribution in [2.75, 3.05) is 0 Å². The molecule has 0 aromatic heterocycles. The predicted molar refractivity (Wildman–Crippen MR) is 83.8 cm³/mol. The Morgan fingerprint density at radius 2 is 2.05 bits per heavy atom. The maximum atomic E-state index is 11.9. The van der Waals surface area contributed by atoms with Crippen molar-refractivity contribution >= 4 is 21.8 Å². The summed E-state index contributed by atoms with van der Waals surface area (Å²) in [4.78, 5) is 11.9. The van der Waals surface area contributed by atoms with E-state index in [2.05, 4.69) is 48.9 Å². The summed E-state index contributed by atoms with van der Waals surface area (Å²) in [7, 11) is 0. The molecule has 0 spiro atoms. The Labute approximate surface area is 125 Å². The normalized spacial score (nSPS) is 13.1. The minimum atomic E-state index is 0.136. The minimum Gasteiger partial charge on any atom is -0.352 e. The number of nitrogens with one attached hydrogen (secondary N) is 1. The standard InChI is InChI=1S/C16H24BrNO/c1-12(10-16(2,3)4)8-15(19)18-11-13-6-5-7-14(17)9-13/h5-7,9,12H,8,10-11H2,1-4H3,(H,18,19). The van der Waals surface area contributed by atoms with Gasteiger partial charge in [0.15, 0.2) is 0 Å². The Balaban J connectivity index is 2.36. The van der Waals surface area contributed by atoms with Crippen molar-refractivity contribution in [3.05, 3.63) is 34.3 Å². The van der Waals surface area contributed by atoms with Crippen LogP contribution in [-0.2, 0) is 11.3 Å².